The van der Waals surface area contributed by atoms with Gasteiger partial charge in [0.2, 0.25) is 12.3 Å². The number of aromatic nitrogens is 3. The molecule has 2 aromatic heterocycles. The van der Waals surface area contributed by atoms with Crippen LogP contribution in [0.4, 0.5) is 0 Å². The Morgan fingerprint density at radius 1 is 1.39 bits per heavy atom. The average molecular weight is 421 g/mol. The number of carbonyl (C=O) groups excluding carboxylic acids is 2. The van der Waals surface area contributed by atoms with Crippen LogP contribution in [-0.4, -0.2) is 63.4 Å². The summed E-state index contributed by atoms with van der Waals surface area (Å²) in [5.41, 5.74) is 5.98. The highest BCUT2D eigenvalue weighted by molar-refractivity contribution is 6.03. The minimum Gasteiger partial charge on any atom is -0.481 e. The zero-order chi connectivity index (χ0) is 22.6. The van der Waals surface area contributed by atoms with Crippen molar-refractivity contribution in [2.75, 3.05) is 20.7 Å². The lowest BCUT2D eigenvalue weighted by Gasteiger charge is -2.19. The molecule has 2 amide bonds. The van der Waals surface area contributed by atoms with Crippen molar-refractivity contribution < 1.29 is 19.4 Å². The van der Waals surface area contributed by atoms with Crippen molar-refractivity contribution in [1.29, 1.82) is 0 Å². The molecule has 9 nitrogen and oxygen atoms in total. The minimum absolute atomic E-state index is 0.101. The molecule has 160 valence electrons. The molecule has 0 fully saturated rings. The van der Waals surface area contributed by atoms with E-state index in [1.165, 1.54) is 16.7 Å². The molecule has 31 heavy (non-hydrogen) atoms. The molecule has 0 spiro atoms. The largest absolute Gasteiger partial charge is 0.481 e. The van der Waals surface area contributed by atoms with E-state index in [0.29, 0.717) is 47.5 Å². The van der Waals surface area contributed by atoms with Crippen LogP contribution in [0.25, 0.3) is 16.7 Å². The summed E-state index contributed by atoms with van der Waals surface area (Å²) >= 11 is 0. The number of hydrogen-bond donors (Lipinski definition) is 2. The Balaban J connectivity index is 1.98. The monoisotopic (exact) mass is 421 g/mol. The zero-order valence-electron chi connectivity index (χ0n) is 17.5. The number of amides is 2. The van der Waals surface area contributed by atoms with E-state index >= 15 is 0 Å². The highest BCUT2D eigenvalue weighted by atomic mass is 16.5. The van der Waals surface area contributed by atoms with Crippen LogP contribution >= 0.6 is 0 Å². The number of fused-ring (bicyclic) bond motifs is 1. The number of pyridine rings is 1. The summed E-state index contributed by atoms with van der Waals surface area (Å²) in [5.74, 6) is 5.50. The Labute approximate surface area is 179 Å². The molecule has 0 aliphatic carbocycles. The number of aliphatic hydroxyl groups is 1. The maximum Gasteiger partial charge on any atom is 0.269 e. The van der Waals surface area contributed by atoms with Gasteiger partial charge in [0, 0.05) is 31.6 Å². The van der Waals surface area contributed by atoms with Gasteiger partial charge in [-0.3, -0.25) is 9.59 Å². The van der Waals surface area contributed by atoms with E-state index in [9.17, 15) is 14.7 Å². The molecule has 0 bridgehead atoms. The molecule has 1 unspecified atom stereocenters. The minimum atomic E-state index is -1.26. The molecule has 3 rings (SSSR count). The Bertz CT molecular complexity index is 1190. The second kappa shape index (κ2) is 8.85. The van der Waals surface area contributed by atoms with Crippen LogP contribution in [0.2, 0.25) is 0 Å². The summed E-state index contributed by atoms with van der Waals surface area (Å²) in [7, 11) is 3.14. The first kappa shape index (κ1) is 21.8. The van der Waals surface area contributed by atoms with Crippen molar-refractivity contribution in [1.82, 2.24) is 19.7 Å². The van der Waals surface area contributed by atoms with Gasteiger partial charge >= 0.3 is 0 Å². The molecule has 0 saturated carbocycles. The third-order valence-electron chi connectivity index (χ3n) is 4.65. The normalized spacial score (nSPS) is 12.5. The predicted octanol–water partition coefficient (Wildman–Crippen LogP) is 1.11. The van der Waals surface area contributed by atoms with Crippen LogP contribution < -0.4 is 10.5 Å². The van der Waals surface area contributed by atoms with Crippen LogP contribution in [0.1, 0.15) is 29.4 Å². The van der Waals surface area contributed by atoms with Gasteiger partial charge in [0.05, 0.1) is 18.2 Å². The van der Waals surface area contributed by atoms with Crippen LogP contribution in [0.3, 0.4) is 0 Å². The van der Waals surface area contributed by atoms with Crippen LogP contribution in [0, 0.1) is 11.8 Å². The molecule has 2 heterocycles. The lowest BCUT2D eigenvalue weighted by atomic mass is 10.0. The van der Waals surface area contributed by atoms with E-state index in [-0.39, 0.29) is 5.69 Å². The Hall–Kier alpha value is -3.90. The van der Waals surface area contributed by atoms with Crippen molar-refractivity contribution >= 4 is 23.4 Å². The van der Waals surface area contributed by atoms with Crippen molar-refractivity contribution in [2.45, 2.75) is 18.9 Å². The van der Waals surface area contributed by atoms with Crippen molar-refractivity contribution in [3.63, 3.8) is 0 Å². The van der Waals surface area contributed by atoms with E-state index < -0.39 is 11.5 Å². The van der Waals surface area contributed by atoms with E-state index in [4.69, 9.17) is 10.5 Å². The lowest BCUT2D eigenvalue weighted by molar-refractivity contribution is -0.117. The number of methoxy groups -OCH3 is 1. The van der Waals surface area contributed by atoms with Gasteiger partial charge in [0.1, 0.15) is 5.60 Å². The first-order valence-electron chi connectivity index (χ1n) is 9.49. The fourth-order valence-electron chi connectivity index (χ4n) is 2.89. The highest BCUT2D eigenvalue weighted by Gasteiger charge is 2.19. The van der Waals surface area contributed by atoms with Gasteiger partial charge in [-0.25, -0.2) is 4.68 Å². The van der Waals surface area contributed by atoms with Crippen LogP contribution in [-0.2, 0) is 4.79 Å². The van der Waals surface area contributed by atoms with E-state index in [2.05, 4.69) is 21.9 Å². The van der Waals surface area contributed by atoms with Gasteiger partial charge in [-0.2, -0.15) is 10.1 Å². The summed E-state index contributed by atoms with van der Waals surface area (Å²) in [6.45, 7) is 1.98. The zero-order valence-corrected chi connectivity index (χ0v) is 17.5. The van der Waals surface area contributed by atoms with Gasteiger partial charge in [-0.05, 0) is 31.2 Å². The Kier molecular flexibility index (Phi) is 6.22. The van der Waals surface area contributed by atoms with E-state index in [1.54, 1.807) is 50.4 Å². The standard InChI is InChI=1S/C22H23N5O4/c1-22(30,11-12-26(2)14-28)10-9-15-5-4-6-16(13-15)27-21-17(19(25-27)20(23)29)7-8-18(24-21)31-3/h4-8,13-14,30H,11-12H2,1-3H3,(H2,23,29). The van der Waals surface area contributed by atoms with E-state index in [0.717, 1.165) is 0 Å². The number of hydrogen-bond acceptors (Lipinski definition) is 6. The second-order valence-electron chi connectivity index (χ2n) is 7.26. The molecule has 3 aromatic rings. The van der Waals surface area contributed by atoms with Crippen LogP contribution in [0.15, 0.2) is 36.4 Å². The highest BCUT2D eigenvalue weighted by Crippen LogP contribution is 2.23. The molecular weight excluding hydrogens is 398 g/mol. The Morgan fingerprint density at radius 3 is 2.84 bits per heavy atom. The fraction of sp³-hybridized carbons (Fsp3) is 0.273. The first-order valence-corrected chi connectivity index (χ1v) is 9.49. The summed E-state index contributed by atoms with van der Waals surface area (Å²) in [6.07, 6.45) is 1.01. The number of rotatable bonds is 7. The fourth-order valence-corrected chi connectivity index (χ4v) is 2.89. The number of nitrogens with zero attached hydrogens (tertiary/aromatic N) is 4. The first-order chi connectivity index (χ1) is 14.7. The number of benzene rings is 1. The van der Waals surface area contributed by atoms with Crippen molar-refractivity contribution in [2.24, 2.45) is 5.73 Å². The smallest absolute Gasteiger partial charge is 0.269 e. The summed E-state index contributed by atoms with van der Waals surface area (Å²) < 4.78 is 6.69. The third kappa shape index (κ3) is 4.99. The molecule has 1 atom stereocenters. The summed E-state index contributed by atoms with van der Waals surface area (Å²) in [6, 6.07) is 10.4. The maximum atomic E-state index is 11.8. The van der Waals surface area contributed by atoms with Gasteiger partial charge in [-0.1, -0.05) is 17.9 Å². The molecular formula is C22H23N5O4. The van der Waals surface area contributed by atoms with Gasteiger partial charge in [0.25, 0.3) is 5.91 Å². The molecule has 9 heteroatoms. The van der Waals surface area contributed by atoms with Crippen molar-refractivity contribution in [3.8, 4) is 23.4 Å². The quantitative estimate of drug-likeness (QED) is 0.435. The lowest BCUT2D eigenvalue weighted by Crippen LogP contribution is -2.29. The average Bonchev–Trinajstić information content (AvgIpc) is 3.15. The van der Waals surface area contributed by atoms with Crippen molar-refractivity contribution in [3.05, 3.63) is 47.7 Å². The number of carbonyl (C=O) groups is 2. The van der Waals surface area contributed by atoms with Gasteiger partial charge in [-0.15, -0.1) is 0 Å². The molecule has 1 aromatic carbocycles. The summed E-state index contributed by atoms with van der Waals surface area (Å²) in [4.78, 5) is 28.4. The molecule has 3 N–H and O–H groups in total. The van der Waals surface area contributed by atoms with E-state index in [1.807, 2.05) is 0 Å². The number of primary amides is 1. The second-order valence-corrected chi connectivity index (χ2v) is 7.26. The topological polar surface area (TPSA) is 124 Å². The number of ether oxygens (including phenoxy) is 1. The summed E-state index contributed by atoms with van der Waals surface area (Å²) in [5, 5.41) is 15.3. The Morgan fingerprint density at radius 2 is 2.16 bits per heavy atom. The van der Waals surface area contributed by atoms with Crippen LogP contribution in [0.5, 0.6) is 5.88 Å². The maximum absolute atomic E-state index is 11.8. The third-order valence-corrected chi connectivity index (χ3v) is 4.65. The van der Waals surface area contributed by atoms with Gasteiger partial charge in [0.15, 0.2) is 11.3 Å². The molecule has 0 aliphatic heterocycles. The molecule has 0 saturated heterocycles. The predicted molar refractivity (Wildman–Crippen MR) is 115 cm³/mol. The SMILES string of the molecule is COc1ccc2c(C(N)=O)nn(-c3cccc(C#CC(C)(O)CCN(C)C=O)c3)c2n1. The number of nitrogens with two attached hydrogens (primary N) is 1. The van der Waals surface area contributed by atoms with Gasteiger partial charge < -0.3 is 20.5 Å². The molecule has 0 radical (unpaired) electrons. The molecule has 0 aliphatic rings.